The lowest BCUT2D eigenvalue weighted by atomic mass is 9.93. The smallest absolute Gasteiger partial charge is 0.293 e. The Morgan fingerprint density at radius 3 is 2.36 bits per heavy atom. The van der Waals surface area contributed by atoms with Crippen molar-refractivity contribution in [1.29, 1.82) is 0 Å². The summed E-state index contributed by atoms with van der Waals surface area (Å²) in [7, 11) is -3.08. The van der Waals surface area contributed by atoms with E-state index in [0.29, 0.717) is 19.5 Å². The first-order valence-electron chi connectivity index (χ1n) is 12.9. The molecule has 0 radical (unpaired) electrons. The molecule has 9 nitrogen and oxygen atoms in total. The van der Waals surface area contributed by atoms with Crippen molar-refractivity contribution in [3.05, 3.63) is 93.2 Å². The fraction of sp³-hybridized carbons (Fsp3) is 0.379. The second-order valence-corrected chi connectivity index (χ2v) is 12.0. The van der Waals surface area contributed by atoms with Crippen LogP contribution in [0.4, 0.5) is 0 Å². The van der Waals surface area contributed by atoms with E-state index in [0.717, 1.165) is 49.5 Å². The van der Waals surface area contributed by atoms with Gasteiger partial charge in [0.2, 0.25) is 5.75 Å². The third-order valence-corrected chi connectivity index (χ3v) is 7.53. The van der Waals surface area contributed by atoms with E-state index < -0.39 is 21.1 Å². The highest BCUT2D eigenvalue weighted by Crippen LogP contribution is 2.23. The minimum atomic E-state index is -3.08. The molecular formula is C29H34N4O5S. The fourth-order valence-corrected chi connectivity index (χ4v) is 4.86. The molecule has 0 aliphatic carbocycles. The number of hydrogen-bond acceptors (Lipinski definition) is 8. The highest BCUT2D eigenvalue weighted by molar-refractivity contribution is 7.90. The topological polar surface area (TPSA) is 125 Å². The number of sulfone groups is 1. The SMILES string of the molecule is CS(=O)(=O)CCNCC(Cc1nc[nH]c(=O)c1O)c1ccc(C#Cc2ccc(CN3CCOCC3)cc2)cc1. The summed E-state index contributed by atoms with van der Waals surface area (Å²) in [6, 6.07) is 16.1. The number of aromatic hydroxyl groups is 1. The molecule has 2 aromatic carbocycles. The van der Waals surface area contributed by atoms with E-state index in [9.17, 15) is 18.3 Å². The Labute approximate surface area is 229 Å². The third-order valence-electron chi connectivity index (χ3n) is 6.58. The second kappa shape index (κ2) is 13.5. The van der Waals surface area contributed by atoms with Crippen LogP contribution in [-0.4, -0.2) is 79.8 Å². The molecule has 1 unspecified atom stereocenters. The van der Waals surface area contributed by atoms with Gasteiger partial charge in [-0.05, 0) is 35.4 Å². The van der Waals surface area contributed by atoms with Crippen LogP contribution in [0.1, 0.15) is 33.9 Å². The van der Waals surface area contributed by atoms with Crippen molar-refractivity contribution >= 4 is 9.84 Å². The molecule has 1 aromatic heterocycles. The lowest BCUT2D eigenvalue weighted by molar-refractivity contribution is 0.0342. The summed E-state index contributed by atoms with van der Waals surface area (Å²) in [6.45, 7) is 5.15. The molecule has 0 saturated carbocycles. The largest absolute Gasteiger partial charge is 0.502 e. The van der Waals surface area contributed by atoms with Gasteiger partial charge in [0, 0.05) is 62.4 Å². The van der Waals surface area contributed by atoms with Crippen LogP contribution in [0, 0.1) is 11.8 Å². The zero-order valence-corrected chi connectivity index (χ0v) is 22.8. The van der Waals surface area contributed by atoms with Crippen molar-refractivity contribution < 1.29 is 18.3 Å². The summed E-state index contributed by atoms with van der Waals surface area (Å²) in [4.78, 5) is 20.7. The Balaban J connectivity index is 1.42. The summed E-state index contributed by atoms with van der Waals surface area (Å²) in [6.07, 6.45) is 2.77. The van der Waals surface area contributed by atoms with E-state index in [1.807, 2.05) is 36.4 Å². The summed E-state index contributed by atoms with van der Waals surface area (Å²) in [5.74, 6) is 5.89. The van der Waals surface area contributed by atoms with E-state index >= 15 is 0 Å². The number of rotatable bonds is 10. The summed E-state index contributed by atoms with van der Waals surface area (Å²) in [5.41, 5.74) is 3.70. The molecule has 2 heterocycles. The number of morpholine rings is 1. The molecule has 0 bridgehead atoms. The number of ether oxygens (including phenoxy) is 1. The maximum atomic E-state index is 11.8. The van der Waals surface area contributed by atoms with E-state index in [4.69, 9.17) is 4.74 Å². The van der Waals surface area contributed by atoms with Gasteiger partial charge in [-0.2, -0.15) is 0 Å². The Kier molecular flexibility index (Phi) is 9.90. The zero-order chi connectivity index (χ0) is 27.7. The molecule has 1 aliphatic rings. The van der Waals surface area contributed by atoms with Crippen molar-refractivity contribution in [2.24, 2.45) is 0 Å². The highest BCUT2D eigenvalue weighted by Gasteiger charge is 2.17. The predicted octanol–water partition coefficient (Wildman–Crippen LogP) is 1.67. The average Bonchev–Trinajstić information content (AvgIpc) is 2.93. The molecule has 206 valence electrons. The molecule has 39 heavy (non-hydrogen) atoms. The van der Waals surface area contributed by atoms with Crippen molar-refractivity contribution in [3.63, 3.8) is 0 Å². The van der Waals surface area contributed by atoms with Crippen molar-refractivity contribution in [1.82, 2.24) is 20.2 Å². The second-order valence-electron chi connectivity index (χ2n) is 9.72. The van der Waals surface area contributed by atoms with Crippen LogP contribution in [0.15, 0.2) is 59.7 Å². The molecule has 0 amide bonds. The number of nitrogens with one attached hydrogen (secondary N) is 2. The van der Waals surface area contributed by atoms with Gasteiger partial charge in [-0.15, -0.1) is 0 Å². The number of aromatic nitrogens is 2. The standard InChI is InChI=1S/C29H34N4O5S/c1-39(36,37)17-12-30-19-26(18-27-28(34)29(35)32-21-31-27)25-10-8-23(9-11-25)3-2-22-4-6-24(7-5-22)20-33-13-15-38-16-14-33/h4-11,21,26,30,34H,12-20H2,1H3,(H,31,32,35). The van der Waals surface area contributed by atoms with Crippen LogP contribution in [0.2, 0.25) is 0 Å². The third kappa shape index (κ3) is 9.04. The molecule has 1 saturated heterocycles. The van der Waals surface area contributed by atoms with Crippen molar-refractivity contribution in [2.75, 3.05) is 51.4 Å². The van der Waals surface area contributed by atoms with E-state index in [1.165, 1.54) is 18.1 Å². The van der Waals surface area contributed by atoms with Gasteiger partial charge in [-0.1, -0.05) is 36.1 Å². The molecule has 1 atom stereocenters. The van der Waals surface area contributed by atoms with E-state index in [2.05, 4.69) is 44.2 Å². The van der Waals surface area contributed by atoms with Gasteiger partial charge in [0.15, 0.2) is 0 Å². The minimum absolute atomic E-state index is 0.0247. The Hall–Kier alpha value is -3.49. The molecule has 4 rings (SSSR count). The quantitative estimate of drug-likeness (QED) is 0.257. The molecule has 3 N–H and O–H groups in total. The number of hydrogen-bond donors (Lipinski definition) is 3. The Morgan fingerprint density at radius 1 is 1.08 bits per heavy atom. The summed E-state index contributed by atoms with van der Waals surface area (Å²) < 4.78 is 28.4. The number of nitrogens with zero attached hydrogens (tertiary/aromatic N) is 2. The van der Waals surface area contributed by atoms with Crippen LogP contribution in [0.25, 0.3) is 0 Å². The van der Waals surface area contributed by atoms with Crippen LogP contribution in [0.3, 0.4) is 0 Å². The van der Waals surface area contributed by atoms with Crippen LogP contribution < -0.4 is 10.9 Å². The van der Waals surface area contributed by atoms with Gasteiger partial charge >= 0.3 is 0 Å². The van der Waals surface area contributed by atoms with E-state index in [-0.39, 0.29) is 17.4 Å². The van der Waals surface area contributed by atoms with Gasteiger partial charge < -0.3 is 20.1 Å². The maximum Gasteiger partial charge on any atom is 0.293 e. The molecule has 0 spiro atoms. The molecule has 10 heteroatoms. The van der Waals surface area contributed by atoms with E-state index in [1.54, 1.807) is 0 Å². The van der Waals surface area contributed by atoms with Crippen LogP contribution >= 0.6 is 0 Å². The Morgan fingerprint density at radius 2 is 1.72 bits per heavy atom. The first kappa shape index (κ1) is 28.5. The monoisotopic (exact) mass is 550 g/mol. The lowest BCUT2D eigenvalue weighted by Gasteiger charge is -2.26. The average molecular weight is 551 g/mol. The predicted molar refractivity (Wildman–Crippen MR) is 151 cm³/mol. The van der Waals surface area contributed by atoms with Gasteiger partial charge in [-0.3, -0.25) is 9.69 Å². The van der Waals surface area contributed by atoms with Crippen molar-refractivity contribution in [3.8, 4) is 17.6 Å². The van der Waals surface area contributed by atoms with Crippen molar-refractivity contribution in [2.45, 2.75) is 18.9 Å². The number of benzene rings is 2. The Bertz CT molecular complexity index is 1450. The van der Waals surface area contributed by atoms with Gasteiger partial charge in [0.05, 0.1) is 31.0 Å². The summed E-state index contributed by atoms with van der Waals surface area (Å²) >= 11 is 0. The maximum absolute atomic E-state index is 11.8. The van der Waals surface area contributed by atoms with Crippen LogP contribution in [0.5, 0.6) is 5.75 Å². The minimum Gasteiger partial charge on any atom is -0.502 e. The lowest BCUT2D eigenvalue weighted by Crippen LogP contribution is -2.35. The molecular weight excluding hydrogens is 516 g/mol. The molecule has 3 aromatic rings. The number of aromatic amines is 1. The molecule has 1 fully saturated rings. The first-order valence-corrected chi connectivity index (χ1v) is 15.0. The normalized spacial score (nSPS) is 14.9. The fourth-order valence-electron chi connectivity index (χ4n) is 4.35. The molecule has 1 aliphatic heterocycles. The summed E-state index contributed by atoms with van der Waals surface area (Å²) in [5, 5.41) is 13.3. The van der Waals surface area contributed by atoms with Gasteiger partial charge in [0.1, 0.15) is 9.84 Å². The van der Waals surface area contributed by atoms with Crippen LogP contribution in [-0.2, 0) is 27.5 Å². The number of H-pyrrole nitrogens is 1. The zero-order valence-electron chi connectivity index (χ0n) is 22.0. The first-order chi connectivity index (χ1) is 18.8. The van der Waals surface area contributed by atoms with Gasteiger partial charge in [-0.25, -0.2) is 13.4 Å². The highest BCUT2D eigenvalue weighted by atomic mass is 32.2. The van der Waals surface area contributed by atoms with Gasteiger partial charge in [0.25, 0.3) is 5.56 Å².